The van der Waals surface area contributed by atoms with Crippen molar-refractivity contribution in [2.75, 3.05) is 32.7 Å². The number of hydrogen-bond acceptors (Lipinski definition) is 2. The molecule has 0 aromatic heterocycles. The first-order valence-electron chi connectivity index (χ1n) is 5.30. The summed E-state index contributed by atoms with van der Waals surface area (Å²) >= 11 is 0. The Morgan fingerprint density at radius 1 is 1.20 bits per heavy atom. The van der Waals surface area contributed by atoms with E-state index in [0.29, 0.717) is 32.1 Å². The van der Waals surface area contributed by atoms with Crippen molar-refractivity contribution in [1.29, 1.82) is 0 Å². The van der Waals surface area contributed by atoms with Gasteiger partial charge in [-0.1, -0.05) is 13.8 Å². The third kappa shape index (κ3) is 3.74. The van der Waals surface area contributed by atoms with Gasteiger partial charge in [-0.25, -0.2) is 0 Å². The summed E-state index contributed by atoms with van der Waals surface area (Å²) in [6.45, 7) is 7.48. The van der Waals surface area contributed by atoms with E-state index in [1.807, 2.05) is 0 Å². The van der Waals surface area contributed by atoms with Gasteiger partial charge >= 0.3 is 6.43 Å². The zero-order valence-electron chi connectivity index (χ0n) is 9.25. The highest BCUT2D eigenvalue weighted by Gasteiger charge is 2.26. The predicted molar refractivity (Wildman–Crippen MR) is 53.9 cm³/mol. The molecule has 15 heavy (non-hydrogen) atoms. The van der Waals surface area contributed by atoms with Crippen LogP contribution in [0.2, 0.25) is 0 Å². The molecule has 0 aromatic rings. The molecule has 1 fully saturated rings. The van der Waals surface area contributed by atoms with Crippen molar-refractivity contribution in [1.82, 2.24) is 9.80 Å². The molecule has 1 aliphatic rings. The van der Waals surface area contributed by atoms with Crippen LogP contribution < -0.4 is 0 Å². The maximum atomic E-state index is 12.1. The second-order valence-corrected chi connectivity index (χ2v) is 4.32. The number of carbonyl (C=O) groups is 1. The minimum Gasteiger partial charge on any atom is -0.335 e. The minimum atomic E-state index is -2.86. The Bertz CT molecular complexity index is 213. The number of carbonyl (C=O) groups excluding carboxylic acids is 1. The van der Waals surface area contributed by atoms with Crippen LogP contribution in [0.4, 0.5) is 8.78 Å². The molecule has 0 radical (unpaired) electrons. The molecule has 3 nitrogen and oxygen atoms in total. The third-order valence-electron chi connectivity index (χ3n) is 2.49. The first kappa shape index (κ1) is 12.4. The zero-order valence-corrected chi connectivity index (χ0v) is 9.25. The number of alkyl halides is 2. The summed E-state index contributed by atoms with van der Waals surface area (Å²) in [5.74, 6) is -0.457. The van der Waals surface area contributed by atoms with Gasteiger partial charge in [0, 0.05) is 32.7 Å². The van der Waals surface area contributed by atoms with Crippen molar-refractivity contribution in [2.24, 2.45) is 5.92 Å². The highest BCUT2D eigenvalue weighted by Crippen LogP contribution is 2.08. The van der Waals surface area contributed by atoms with Crippen LogP contribution in [0.5, 0.6) is 0 Å². The average Bonchev–Trinajstić information content (AvgIpc) is 2.17. The van der Waals surface area contributed by atoms with E-state index in [-0.39, 0.29) is 0 Å². The van der Waals surface area contributed by atoms with Crippen molar-refractivity contribution in [2.45, 2.75) is 20.3 Å². The fourth-order valence-electron chi connectivity index (χ4n) is 1.81. The van der Waals surface area contributed by atoms with E-state index in [9.17, 15) is 13.6 Å². The lowest BCUT2D eigenvalue weighted by molar-refractivity contribution is -0.144. The van der Waals surface area contributed by atoms with E-state index in [4.69, 9.17) is 0 Å². The van der Waals surface area contributed by atoms with Crippen LogP contribution in [0.3, 0.4) is 0 Å². The van der Waals surface area contributed by atoms with Crippen LogP contribution in [0.25, 0.3) is 0 Å². The minimum absolute atomic E-state index is 0.426. The Morgan fingerprint density at radius 2 is 1.73 bits per heavy atom. The summed E-state index contributed by atoms with van der Waals surface area (Å²) in [5.41, 5.74) is 0. The van der Waals surface area contributed by atoms with Gasteiger partial charge in [0.05, 0.1) is 0 Å². The van der Waals surface area contributed by atoms with E-state index in [2.05, 4.69) is 18.7 Å². The maximum absolute atomic E-state index is 12.1. The van der Waals surface area contributed by atoms with Gasteiger partial charge in [0.25, 0.3) is 5.91 Å². The molecule has 0 spiro atoms. The van der Waals surface area contributed by atoms with E-state index in [0.717, 1.165) is 6.54 Å². The van der Waals surface area contributed by atoms with Crippen LogP contribution in [0.15, 0.2) is 0 Å². The SMILES string of the molecule is CC(C)CN1CCN(C(=O)C(F)F)CC1. The molecule has 88 valence electrons. The molecule has 1 saturated heterocycles. The molecule has 0 N–H and O–H groups in total. The van der Waals surface area contributed by atoms with E-state index in [1.165, 1.54) is 4.90 Å². The lowest BCUT2D eigenvalue weighted by atomic mass is 10.2. The summed E-state index contributed by atoms with van der Waals surface area (Å²) in [6, 6.07) is 0. The van der Waals surface area contributed by atoms with E-state index >= 15 is 0 Å². The standard InChI is InChI=1S/C10H18F2N2O/c1-8(2)7-13-3-5-14(6-4-13)10(15)9(11)12/h8-9H,3-7H2,1-2H3. The molecule has 0 bridgehead atoms. The van der Waals surface area contributed by atoms with Gasteiger partial charge in [0.2, 0.25) is 0 Å². The number of rotatable bonds is 3. The van der Waals surface area contributed by atoms with Gasteiger partial charge in [-0.3, -0.25) is 9.69 Å². The fraction of sp³-hybridized carbons (Fsp3) is 0.900. The molecule has 0 unspecified atom stereocenters. The Morgan fingerprint density at radius 3 is 2.13 bits per heavy atom. The molecule has 1 rings (SSSR count). The normalized spacial score (nSPS) is 18.9. The van der Waals surface area contributed by atoms with Crippen LogP contribution in [-0.2, 0) is 4.79 Å². The summed E-state index contributed by atoms with van der Waals surface area (Å²) in [4.78, 5) is 14.4. The lowest BCUT2D eigenvalue weighted by Crippen LogP contribution is -2.50. The van der Waals surface area contributed by atoms with Crippen molar-refractivity contribution in [3.05, 3.63) is 0 Å². The smallest absolute Gasteiger partial charge is 0.315 e. The Balaban J connectivity index is 2.32. The highest BCUT2D eigenvalue weighted by atomic mass is 19.3. The first-order chi connectivity index (χ1) is 7.00. The second kappa shape index (κ2) is 5.39. The summed E-state index contributed by atoms with van der Waals surface area (Å²) in [7, 11) is 0. The van der Waals surface area contributed by atoms with Crippen LogP contribution in [0.1, 0.15) is 13.8 Å². The van der Waals surface area contributed by atoms with Gasteiger partial charge in [-0.2, -0.15) is 8.78 Å². The molecule has 0 saturated carbocycles. The van der Waals surface area contributed by atoms with Gasteiger partial charge in [-0.05, 0) is 5.92 Å². The maximum Gasteiger partial charge on any atom is 0.315 e. The Kier molecular flexibility index (Phi) is 4.45. The number of halogens is 2. The summed E-state index contributed by atoms with van der Waals surface area (Å²) < 4.78 is 24.2. The quantitative estimate of drug-likeness (QED) is 0.710. The topological polar surface area (TPSA) is 23.6 Å². The molecule has 0 aromatic carbocycles. The van der Waals surface area contributed by atoms with Crippen molar-refractivity contribution >= 4 is 5.91 Å². The molecule has 1 amide bonds. The van der Waals surface area contributed by atoms with Gasteiger partial charge in [0.1, 0.15) is 0 Å². The Hall–Kier alpha value is -0.710. The van der Waals surface area contributed by atoms with Crippen molar-refractivity contribution in [3.8, 4) is 0 Å². The number of nitrogens with zero attached hydrogens (tertiary/aromatic N) is 2. The van der Waals surface area contributed by atoms with Gasteiger partial charge < -0.3 is 4.90 Å². The molecule has 1 aliphatic heterocycles. The van der Waals surface area contributed by atoms with Crippen molar-refractivity contribution in [3.63, 3.8) is 0 Å². The first-order valence-corrected chi connectivity index (χ1v) is 5.30. The van der Waals surface area contributed by atoms with Crippen molar-refractivity contribution < 1.29 is 13.6 Å². The zero-order chi connectivity index (χ0) is 11.4. The number of hydrogen-bond donors (Lipinski definition) is 0. The average molecular weight is 220 g/mol. The number of piperazine rings is 1. The molecule has 0 aliphatic carbocycles. The summed E-state index contributed by atoms with van der Waals surface area (Å²) in [5, 5.41) is 0. The second-order valence-electron chi connectivity index (χ2n) is 4.32. The molecule has 5 heteroatoms. The largest absolute Gasteiger partial charge is 0.335 e. The highest BCUT2D eigenvalue weighted by molar-refractivity contribution is 5.79. The molecular formula is C10H18F2N2O. The lowest BCUT2D eigenvalue weighted by Gasteiger charge is -2.35. The van der Waals surface area contributed by atoms with E-state index in [1.54, 1.807) is 0 Å². The fourth-order valence-corrected chi connectivity index (χ4v) is 1.81. The molecular weight excluding hydrogens is 202 g/mol. The van der Waals surface area contributed by atoms with Crippen LogP contribution in [0, 0.1) is 5.92 Å². The van der Waals surface area contributed by atoms with Gasteiger partial charge in [-0.15, -0.1) is 0 Å². The molecule has 0 atom stereocenters. The predicted octanol–water partition coefficient (Wildman–Crippen LogP) is 1.05. The van der Waals surface area contributed by atoms with Crippen LogP contribution >= 0.6 is 0 Å². The van der Waals surface area contributed by atoms with Crippen LogP contribution in [-0.4, -0.2) is 54.9 Å². The number of amides is 1. The van der Waals surface area contributed by atoms with E-state index < -0.39 is 12.3 Å². The van der Waals surface area contributed by atoms with Gasteiger partial charge in [0.15, 0.2) is 0 Å². The Labute approximate surface area is 89.0 Å². The third-order valence-corrected chi connectivity index (χ3v) is 2.49. The monoisotopic (exact) mass is 220 g/mol. The summed E-state index contributed by atoms with van der Waals surface area (Å²) in [6.07, 6.45) is -2.86. The molecule has 1 heterocycles.